The molecule has 1 aliphatic heterocycles. The molecular weight excluding hydrogens is 421 g/mol. The average Bonchev–Trinajstić information content (AvgIpc) is 2.98. The number of halogens is 3. The number of methoxy groups -OCH3 is 1. The van der Waals surface area contributed by atoms with Crippen LogP contribution in [-0.2, 0) is 22.1 Å². The summed E-state index contributed by atoms with van der Waals surface area (Å²) in [5.74, 6) is -4.32. The Bertz CT molecular complexity index is 1140. The Morgan fingerprint density at radius 1 is 1.37 bits per heavy atom. The van der Waals surface area contributed by atoms with Crippen molar-refractivity contribution >= 4 is 15.7 Å². The van der Waals surface area contributed by atoms with Crippen LogP contribution in [0.5, 0.6) is 5.75 Å². The molecule has 2 aliphatic rings. The van der Waals surface area contributed by atoms with Crippen LogP contribution in [0.3, 0.4) is 0 Å². The van der Waals surface area contributed by atoms with Gasteiger partial charge in [0.05, 0.1) is 39.6 Å². The van der Waals surface area contributed by atoms with E-state index in [0.717, 1.165) is 12.3 Å². The van der Waals surface area contributed by atoms with Crippen LogP contribution in [0.15, 0.2) is 17.0 Å². The SMILES string of the molecule is COc1c(F)cc(-c2nc(N3C[C@@H](O)[C@@H]3C)nc3c2CCC3(F)F)cc1[S@](C)(=N)=O. The van der Waals surface area contributed by atoms with Crippen molar-refractivity contribution in [1.82, 2.24) is 9.97 Å². The van der Waals surface area contributed by atoms with Gasteiger partial charge in [0.15, 0.2) is 11.6 Å². The molecule has 162 valence electrons. The highest BCUT2D eigenvalue weighted by molar-refractivity contribution is 7.91. The number of rotatable bonds is 4. The van der Waals surface area contributed by atoms with E-state index in [1.165, 1.54) is 13.2 Å². The number of fused-ring (bicyclic) bond motifs is 1. The lowest BCUT2D eigenvalue weighted by atomic mass is 10.0. The second kappa shape index (κ2) is 6.81. The molecule has 0 spiro atoms. The molecule has 30 heavy (non-hydrogen) atoms. The van der Waals surface area contributed by atoms with Gasteiger partial charge in [0.1, 0.15) is 5.69 Å². The van der Waals surface area contributed by atoms with Crippen molar-refractivity contribution in [3.63, 3.8) is 0 Å². The molecule has 1 aromatic heterocycles. The van der Waals surface area contributed by atoms with Crippen LogP contribution in [0.2, 0.25) is 0 Å². The second-order valence-corrected chi connectivity index (χ2v) is 9.82. The highest BCUT2D eigenvalue weighted by Gasteiger charge is 2.45. The molecule has 2 N–H and O–H groups in total. The number of aliphatic hydroxyl groups is 1. The van der Waals surface area contributed by atoms with Gasteiger partial charge >= 0.3 is 0 Å². The summed E-state index contributed by atoms with van der Waals surface area (Å²) in [7, 11) is -2.17. The molecule has 11 heteroatoms. The number of aromatic nitrogens is 2. The summed E-state index contributed by atoms with van der Waals surface area (Å²) < 4.78 is 69.0. The molecule has 0 saturated carbocycles. The average molecular weight is 442 g/mol. The standard InChI is InChI=1S/C19H21F3N4O3S/c1-9-13(27)8-26(9)18-24-15(11-4-5-19(21,22)17(11)25-18)10-6-12(20)16(29-2)14(7-10)30(3,23)28/h6-7,9,13,23,27H,4-5,8H2,1-3H3/t9-,13+,30+/m0/s1. The number of alkyl halides is 2. The zero-order chi connectivity index (χ0) is 22.0. The van der Waals surface area contributed by atoms with Gasteiger partial charge < -0.3 is 14.7 Å². The number of hydrogen-bond donors (Lipinski definition) is 2. The van der Waals surface area contributed by atoms with Crippen LogP contribution in [0.25, 0.3) is 11.3 Å². The summed E-state index contributed by atoms with van der Waals surface area (Å²) in [4.78, 5) is 9.90. The normalized spacial score (nSPS) is 24.2. The number of nitrogens with zero attached hydrogens (tertiary/aromatic N) is 3. The van der Waals surface area contributed by atoms with E-state index >= 15 is 0 Å². The van der Waals surface area contributed by atoms with Crippen LogP contribution >= 0.6 is 0 Å². The number of nitrogens with one attached hydrogen (secondary N) is 1. The van der Waals surface area contributed by atoms with Gasteiger partial charge in [-0.3, -0.25) is 0 Å². The number of ether oxygens (including phenoxy) is 1. The van der Waals surface area contributed by atoms with Gasteiger partial charge in [-0.1, -0.05) is 0 Å². The minimum Gasteiger partial charge on any atom is -0.492 e. The van der Waals surface area contributed by atoms with Crippen molar-refractivity contribution in [3.05, 3.63) is 29.2 Å². The van der Waals surface area contributed by atoms with Crippen LogP contribution in [-0.4, -0.2) is 51.3 Å². The summed E-state index contributed by atoms with van der Waals surface area (Å²) in [5, 5.41) is 9.79. The molecule has 4 rings (SSSR count). The number of β-amino-alcohol motifs (C(OH)–C–C–N with tert-alkyl or cyclic N) is 1. The third kappa shape index (κ3) is 3.20. The highest BCUT2D eigenvalue weighted by atomic mass is 32.2. The molecular formula is C19H21F3N4O3S. The lowest BCUT2D eigenvalue weighted by Gasteiger charge is -2.43. The Morgan fingerprint density at radius 2 is 2.07 bits per heavy atom. The van der Waals surface area contributed by atoms with Gasteiger partial charge in [0.2, 0.25) is 5.95 Å². The van der Waals surface area contributed by atoms with Crippen molar-refractivity contribution in [2.75, 3.05) is 24.8 Å². The number of anilines is 1. The van der Waals surface area contributed by atoms with E-state index in [4.69, 9.17) is 9.52 Å². The molecule has 3 atom stereocenters. The van der Waals surface area contributed by atoms with Crippen molar-refractivity contribution in [2.45, 2.75) is 42.7 Å². The van der Waals surface area contributed by atoms with Crippen LogP contribution in [0, 0.1) is 10.6 Å². The van der Waals surface area contributed by atoms with E-state index in [0.29, 0.717) is 0 Å². The molecule has 2 heterocycles. The fraction of sp³-hybridized carbons (Fsp3) is 0.474. The summed E-state index contributed by atoms with van der Waals surface area (Å²) in [6.45, 7) is 1.92. The molecule has 0 amide bonds. The largest absolute Gasteiger partial charge is 0.492 e. The Labute approximate surface area is 171 Å². The Morgan fingerprint density at radius 3 is 2.63 bits per heavy atom. The number of hydrogen-bond acceptors (Lipinski definition) is 7. The summed E-state index contributed by atoms with van der Waals surface area (Å²) in [5.41, 5.74) is 0.00112. The molecule has 1 aliphatic carbocycles. The maximum atomic E-state index is 14.7. The predicted molar refractivity (Wildman–Crippen MR) is 104 cm³/mol. The van der Waals surface area contributed by atoms with E-state index in [1.54, 1.807) is 11.8 Å². The topological polar surface area (TPSA) is 99.4 Å². The smallest absolute Gasteiger partial charge is 0.290 e. The minimum atomic E-state index is -3.37. The Kier molecular flexibility index (Phi) is 4.73. The first-order valence-corrected chi connectivity index (χ1v) is 11.3. The fourth-order valence-electron chi connectivity index (χ4n) is 3.83. The molecule has 1 fully saturated rings. The van der Waals surface area contributed by atoms with Crippen molar-refractivity contribution in [2.24, 2.45) is 0 Å². The monoisotopic (exact) mass is 442 g/mol. The Balaban J connectivity index is 1.96. The van der Waals surface area contributed by atoms with Crippen LogP contribution < -0.4 is 9.64 Å². The van der Waals surface area contributed by atoms with Crippen LogP contribution in [0.4, 0.5) is 19.1 Å². The van der Waals surface area contributed by atoms with E-state index in [2.05, 4.69) is 9.97 Å². The van der Waals surface area contributed by atoms with Gasteiger partial charge in [0, 0.05) is 30.3 Å². The van der Waals surface area contributed by atoms with Crippen molar-refractivity contribution in [1.29, 1.82) is 4.78 Å². The first-order chi connectivity index (χ1) is 13.9. The van der Waals surface area contributed by atoms with Crippen molar-refractivity contribution in [3.8, 4) is 17.0 Å². The third-order valence-corrected chi connectivity index (χ3v) is 6.77. The van der Waals surface area contributed by atoms with Crippen molar-refractivity contribution < 1.29 is 27.2 Å². The van der Waals surface area contributed by atoms with E-state index < -0.39 is 39.7 Å². The van der Waals surface area contributed by atoms with E-state index in [-0.39, 0.29) is 52.4 Å². The lowest BCUT2D eigenvalue weighted by molar-refractivity contribution is -0.00603. The lowest BCUT2D eigenvalue weighted by Crippen LogP contribution is -2.59. The second-order valence-electron chi connectivity index (χ2n) is 7.70. The van der Waals surface area contributed by atoms with Gasteiger partial charge in [-0.25, -0.2) is 23.3 Å². The van der Waals surface area contributed by atoms with Gasteiger partial charge in [-0.2, -0.15) is 8.78 Å². The zero-order valence-electron chi connectivity index (χ0n) is 16.6. The van der Waals surface area contributed by atoms with E-state index in [1.807, 2.05) is 0 Å². The molecule has 0 unspecified atom stereocenters. The molecule has 1 aromatic carbocycles. The molecule has 2 aromatic rings. The zero-order valence-corrected chi connectivity index (χ0v) is 17.4. The minimum absolute atomic E-state index is 0.00147. The summed E-state index contributed by atoms with van der Waals surface area (Å²) in [6.07, 6.45) is 0.0620. The molecule has 1 saturated heterocycles. The maximum absolute atomic E-state index is 14.7. The quantitative estimate of drug-likeness (QED) is 0.756. The van der Waals surface area contributed by atoms with Gasteiger partial charge in [0.25, 0.3) is 5.92 Å². The first kappa shape index (κ1) is 20.9. The fourth-order valence-corrected chi connectivity index (χ4v) is 4.71. The highest BCUT2D eigenvalue weighted by Crippen LogP contribution is 2.45. The number of benzene rings is 1. The Hall–Kier alpha value is -2.40. The summed E-state index contributed by atoms with van der Waals surface area (Å²) in [6, 6.07) is 2.02. The molecule has 0 radical (unpaired) electrons. The first-order valence-electron chi connectivity index (χ1n) is 9.29. The van der Waals surface area contributed by atoms with Crippen LogP contribution in [0.1, 0.15) is 24.6 Å². The summed E-state index contributed by atoms with van der Waals surface area (Å²) >= 11 is 0. The molecule has 0 bridgehead atoms. The number of aliphatic hydroxyl groups excluding tert-OH is 1. The molecule has 7 nitrogen and oxygen atoms in total. The van der Waals surface area contributed by atoms with Gasteiger partial charge in [-0.05, 0) is 25.5 Å². The van der Waals surface area contributed by atoms with E-state index in [9.17, 15) is 22.5 Å². The van der Waals surface area contributed by atoms with Gasteiger partial charge in [-0.15, -0.1) is 0 Å². The third-order valence-electron chi connectivity index (χ3n) is 5.63. The predicted octanol–water partition coefficient (Wildman–Crippen LogP) is 2.93. The maximum Gasteiger partial charge on any atom is 0.290 e.